The average Bonchev–Trinajstić information content (AvgIpc) is 2.04. The minimum atomic E-state index is -0.548. The second kappa shape index (κ2) is 4.15. The Labute approximate surface area is 94.3 Å². The molecule has 0 saturated carbocycles. The lowest BCUT2D eigenvalue weighted by atomic mass is 10.2. The largest absolute Gasteiger partial charge is 0.496 e. The zero-order valence-corrected chi connectivity index (χ0v) is 9.72. The van der Waals surface area contributed by atoms with Crippen LogP contribution in [0.5, 0.6) is 5.75 Å². The van der Waals surface area contributed by atoms with Crippen LogP contribution in [0.15, 0.2) is 12.1 Å². The van der Waals surface area contributed by atoms with E-state index in [9.17, 15) is 4.79 Å². The number of halogens is 2. The van der Waals surface area contributed by atoms with Crippen molar-refractivity contribution in [3.8, 4) is 5.75 Å². The number of nitrogens with two attached hydrogens (primary N) is 1. The number of carbonyl (C=O) groups is 1. The van der Waals surface area contributed by atoms with Gasteiger partial charge in [-0.25, -0.2) is 0 Å². The van der Waals surface area contributed by atoms with Crippen molar-refractivity contribution in [2.45, 2.75) is 0 Å². The smallest absolute Gasteiger partial charge is 0.251 e. The highest BCUT2D eigenvalue weighted by molar-refractivity contribution is 14.1. The second-order valence-electron chi connectivity index (χ2n) is 2.30. The zero-order valence-electron chi connectivity index (χ0n) is 6.80. The van der Waals surface area contributed by atoms with Gasteiger partial charge in [-0.2, -0.15) is 0 Å². The van der Waals surface area contributed by atoms with Crippen LogP contribution in [0.25, 0.3) is 0 Å². The fraction of sp³-hybridized carbons (Fsp3) is 0.125. The first-order chi connectivity index (χ1) is 6.07. The zero-order chi connectivity index (χ0) is 10.0. The molecule has 0 atom stereocenters. The highest BCUT2D eigenvalue weighted by Crippen LogP contribution is 2.29. The average molecular weight is 312 g/mol. The molecular weight excluding hydrogens is 304 g/mol. The third-order valence-corrected chi connectivity index (χ3v) is 2.91. The molecule has 13 heavy (non-hydrogen) atoms. The van der Waals surface area contributed by atoms with Crippen LogP contribution >= 0.6 is 34.2 Å². The van der Waals surface area contributed by atoms with Gasteiger partial charge in [0.2, 0.25) is 0 Å². The number of ether oxygens (including phenoxy) is 1. The summed E-state index contributed by atoms with van der Waals surface area (Å²) in [5, 5.41) is 0.345. The molecule has 1 aromatic rings. The quantitative estimate of drug-likeness (QED) is 0.850. The third kappa shape index (κ3) is 2.05. The molecule has 1 aromatic carbocycles. The second-order valence-corrected chi connectivity index (χ2v) is 3.79. The fourth-order valence-corrected chi connectivity index (χ4v) is 2.28. The number of carbonyl (C=O) groups excluding carboxylic acids is 1. The molecule has 0 unspecified atom stereocenters. The first-order valence-electron chi connectivity index (χ1n) is 3.39. The van der Waals surface area contributed by atoms with Crippen molar-refractivity contribution >= 4 is 40.1 Å². The van der Waals surface area contributed by atoms with Crippen LogP contribution in [0.4, 0.5) is 0 Å². The van der Waals surface area contributed by atoms with Crippen molar-refractivity contribution in [3.63, 3.8) is 0 Å². The summed E-state index contributed by atoms with van der Waals surface area (Å²) in [6.07, 6.45) is 0. The summed E-state index contributed by atoms with van der Waals surface area (Å²) in [6.45, 7) is 0. The molecule has 1 rings (SSSR count). The summed E-state index contributed by atoms with van der Waals surface area (Å²) in [7, 11) is 1.52. The Hall–Kier alpha value is -0.490. The highest BCUT2D eigenvalue weighted by Gasteiger charge is 2.14. The van der Waals surface area contributed by atoms with Gasteiger partial charge >= 0.3 is 0 Å². The SMILES string of the molecule is COc1ccc(Cl)c(C(N)=O)c1I. The first-order valence-corrected chi connectivity index (χ1v) is 4.85. The van der Waals surface area contributed by atoms with Gasteiger partial charge < -0.3 is 10.5 Å². The molecule has 0 aromatic heterocycles. The van der Waals surface area contributed by atoms with E-state index >= 15 is 0 Å². The lowest BCUT2D eigenvalue weighted by molar-refractivity contribution is 0.0999. The normalized spacial score (nSPS) is 9.77. The molecule has 0 spiro atoms. The van der Waals surface area contributed by atoms with Crippen molar-refractivity contribution in [2.75, 3.05) is 7.11 Å². The Balaban J connectivity index is 3.38. The van der Waals surface area contributed by atoms with Crippen molar-refractivity contribution in [1.29, 1.82) is 0 Å². The molecule has 0 bridgehead atoms. The number of amides is 1. The van der Waals surface area contributed by atoms with Crippen molar-refractivity contribution in [3.05, 3.63) is 26.3 Å². The predicted octanol–water partition coefficient (Wildman–Crippen LogP) is 2.05. The summed E-state index contributed by atoms with van der Waals surface area (Å²) < 4.78 is 5.66. The molecule has 0 aliphatic carbocycles. The van der Waals surface area contributed by atoms with E-state index in [4.69, 9.17) is 22.1 Å². The van der Waals surface area contributed by atoms with E-state index in [1.54, 1.807) is 12.1 Å². The van der Waals surface area contributed by atoms with Crippen molar-refractivity contribution in [1.82, 2.24) is 0 Å². The molecule has 0 saturated heterocycles. The molecule has 0 aliphatic rings. The van der Waals surface area contributed by atoms with E-state index in [0.29, 0.717) is 19.9 Å². The van der Waals surface area contributed by atoms with Gasteiger partial charge in [0.05, 0.1) is 21.3 Å². The molecular formula is C8H7ClINO2. The molecule has 0 fully saturated rings. The summed E-state index contributed by atoms with van der Waals surface area (Å²) in [5.41, 5.74) is 5.46. The fourth-order valence-electron chi connectivity index (χ4n) is 0.917. The van der Waals surface area contributed by atoms with Crippen molar-refractivity contribution in [2.24, 2.45) is 5.73 Å². The van der Waals surface area contributed by atoms with E-state index in [1.807, 2.05) is 22.6 Å². The Morgan fingerprint density at radius 3 is 2.69 bits per heavy atom. The summed E-state index contributed by atoms with van der Waals surface area (Å²) in [4.78, 5) is 11.0. The Morgan fingerprint density at radius 2 is 2.23 bits per heavy atom. The topological polar surface area (TPSA) is 52.3 Å². The van der Waals surface area contributed by atoms with Gasteiger partial charge in [0.1, 0.15) is 5.75 Å². The number of methoxy groups -OCH3 is 1. The van der Waals surface area contributed by atoms with Gasteiger partial charge in [0.15, 0.2) is 0 Å². The van der Waals surface area contributed by atoms with Gasteiger partial charge in [0.25, 0.3) is 5.91 Å². The van der Waals surface area contributed by atoms with Crippen LogP contribution in [-0.2, 0) is 0 Å². The maximum Gasteiger partial charge on any atom is 0.251 e. The standard InChI is InChI=1S/C8H7ClINO2/c1-13-5-3-2-4(9)6(7(5)10)8(11)12/h2-3H,1H3,(H2,11,12). The summed E-state index contributed by atoms with van der Waals surface area (Å²) in [5.74, 6) is 0.0482. The molecule has 0 aliphatic heterocycles. The van der Waals surface area contributed by atoms with E-state index < -0.39 is 5.91 Å². The monoisotopic (exact) mass is 311 g/mol. The number of hydrogen-bond donors (Lipinski definition) is 1. The van der Waals surface area contributed by atoms with Gasteiger partial charge in [-0.1, -0.05) is 11.6 Å². The maximum absolute atomic E-state index is 11.0. The van der Waals surface area contributed by atoms with Crippen LogP contribution in [-0.4, -0.2) is 13.0 Å². The van der Waals surface area contributed by atoms with Gasteiger partial charge in [-0.05, 0) is 34.7 Å². The summed E-state index contributed by atoms with van der Waals surface area (Å²) >= 11 is 7.76. The van der Waals surface area contributed by atoms with E-state index in [-0.39, 0.29) is 0 Å². The molecule has 5 heteroatoms. The summed E-state index contributed by atoms with van der Waals surface area (Å²) in [6, 6.07) is 3.28. The van der Waals surface area contributed by atoms with Crippen molar-refractivity contribution < 1.29 is 9.53 Å². The predicted molar refractivity (Wildman–Crippen MR) is 59.2 cm³/mol. The van der Waals surface area contributed by atoms with Crippen LogP contribution in [0, 0.1) is 3.57 Å². The van der Waals surface area contributed by atoms with Crippen LogP contribution < -0.4 is 10.5 Å². The van der Waals surface area contributed by atoms with E-state index in [2.05, 4.69) is 0 Å². The van der Waals surface area contributed by atoms with Crippen LogP contribution in [0.3, 0.4) is 0 Å². The van der Waals surface area contributed by atoms with Gasteiger partial charge in [-0.3, -0.25) is 4.79 Å². The number of primary amides is 1. The van der Waals surface area contributed by atoms with E-state index in [0.717, 1.165) is 0 Å². The molecule has 0 heterocycles. The Morgan fingerprint density at radius 1 is 1.62 bits per heavy atom. The molecule has 3 nitrogen and oxygen atoms in total. The minimum Gasteiger partial charge on any atom is -0.496 e. The minimum absolute atomic E-state index is 0.307. The van der Waals surface area contributed by atoms with Crippen LogP contribution in [0.1, 0.15) is 10.4 Å². The first kappa shape index (κ1) is 10.6. The van der Waals surface area contributed by atoms with Crippen LogP contribution in [0.2, 0.25) is 5.02 Å². The number of benzene rings is 1. The Bertz CT molecular complexity index is 354. The van der Waals surface area contributed by atoms with Gasteiger partial charge in [-0.15, -0.1) is 0 Å². The lowest BCUT2D eigenvalue weighted by Crippen LogP contribution is -2.14. The maximum atomic E-state index is 11.0. The molecule has 70 valence electrons. The molecule has 0 radical (unpaired) electrons. The third-order valence-electron chi connectivity index (χ3n) is 1.52. The highest BCUT2D eigenvalue weighted by atomic mass is 127. The molecule has 2 N–H and O–H groups in total. The van der Waals surface area contributed by atoms with Gasteiger partial charge in [0, 0.05) is 0 Å². The number of hydrogen-bond acceptors (Lipinski definition) is 2. The molecule has 1 amide bonds. The number of rotatable bonds is 2. The van der Waals surface area contributed by atoms with E-state index in [1.165, 1.54) is 7.11 Å². The Kier molecular flexibility index (Phi) is 3.38. The lowest BCUT2D eigenvalue weighted by Gasteiger charge is -2.07.